The van der Waals surface area contributed by atoms with Gasteiger partial charge in [-0.15, -0.1) is 0 Å². The van der Waals surface area contributed by atoms with E-state index in [-0.39, 0.29) is 28.9 Å². The van der Waals surface area contributed by atoms with Gasteiger partial charge < -0.3 is 19.7 Å². The Balaban J connectivity index is 2.25. The lowest BCUT2D eigenvalue weighted by Crippen LogP contribution is -2.45. The van der Waals surface area contributed by atoms with Gasteiger partial charge in [-0.1, -0.05) is 41.5 Å². The van der Waals surface area contributed by atoms with Crippen LogP contribution in [0.3, 0.4) is 0 Å². The van der Waals surface area contributed by atoms with Gasteiger partial charge in [-0.25, -0.2) is 4.79 Å². The van der Waals surface area contributed by atoms with Crippen molar-refractivity contribution in [2.75, 3.05) is 20.2 Å². The standard InChI is InChI=1S/C26H42N2O4/c1-24(2,3)19-14-18(21(31-10)15-20(19)25(4,5)6)22(29)27-16-17-12-11-13-28(17)23(30)32-26(7,8)9/h14-15,17H,11-13,16H2,1-10H3,(H,27,29)/t17-/m1/s1. The Bertz CT molecular complexity index is 841. The van der Waals surface area contributed by atoms with Gasteiger partial charge in [0.05, 0.1) is 18.7 Å². The number of nitrogens with one attached hydrogen (secondary N) is 1. The Morgan fingerprint density at radius 2 is 1.56 bits per heavy atom. The molecule has 0 aliphatic carbocycles. The van der Waals surface area contributed by atoms with Crippen LogP contribution in [0.15, 0.2) is 12.1 Å². The van der Waals surface area contributed by atoms with Gasteiger partial charge in [0, 0.05) is 13.1 Å². The van der Waals surface area contributed by atoms with Gasteiger partial charge in [0.2, 0.25) is 0 Å². The lowest BCUT2D eigenvalue weighted by Gasteiger charge is -2.31. The quantitative estimate of drug-likeness (QED) is 0.671. The summed E-state index contributed by atoms with van der Waals surface area (Å²) in [6.07, 6.45) is 1.42. The van der Waals surface area contributed by atoms with Crippen LogP contribution < -0.4 is 10.1 Å². The van der Waals surface area contributed by atoms with Gasteiger partial charge in [0.15, 0.2) is 0 Å². The van der Waals surface area contributed by atoms with Crippen LogP contribution in [0, 0.1) is 0 Å². The summed E-state index contributed by atoms with van der Waals surface area (Å²) in [5, 5.41) is 3.03. The van der Waals surface area contributed by atoms with E-state index in [1.807, 2.05) is 32.9 Å². The Morgan fingerprint density at radius 1 is 1.00 bits per heavy atom. The molecular formula is C26H42N2O4. The molecule has 1 heterocycles. The number of nitrogens with zero attached hydrogens (tertiary/aromatic N) is 1. The summed E-state index contributed by atoms with van der Waals surface area (Å²) in [4.78, 5) is 27.5. The van der Waals surface area contributed by atoms with Crippen molar-refractivity contribution in [1.82, 2.24) is 10.2 Å². The minimum Gasteiger partial charge on any atom is -0.496 e. The summed E-state index contributed by atoms with van der Waals surface area (Å²) in [7, 11) is 1.59. The first-order valence-corrected chi connectivity index (χ1v) is 11.6. The number of likely N-dealkylation sites (tertiary alicyclic amines) is 1. The van der Waals surface area contributed by atoms with Crippen molar-refractivity contribution >= 4 is 12.0 Å². The molecule has 6 nitrogen and oxygen atoms in total. The maximum absolute atomic E-state index is 13.2. The number of carbonyl (C=O) groups is 2. The third-order valence-electron chi connectivity index (χ3n) is 5.70. The summed E-state index contributed by atoms with van der Waals surface area (Å²) in [5.74, 6) is 0.375. The third kappa shape index (κ3) is 6.39. The van der Waals surface area contributed by atoms with Crippen molar-refractivity contribution in [3.8, 4) is 5.75 Å². The second-order valence-electron chi connectivity index (χ2n) is 11.8. The number of amides is 2. The van der Waals surface area contributed by atoms with Crippen LogP contribution in [0.2, 0.25) is 0 Å². The first-order valence-electron chi connectivity index (χ1n) is 11.6. The van der Waals surface area contributed by atoms with Crippen LogP contribution in [0.1, 0.15) is 96.6 Å². The summed E-state index contributed by atoms with van der Waals surface area (Å²) >= 11 is 0. The Kier molecular flexibility index (Phi) is 7.58. The number of rotatable bonds is 4. The van der Waals surface area contributed by atoms with Crippen molar-refractivity contribution in [1.29, 1.82) is 0 Å². The zero-order chi connectivity index (χ0) is 24.5. The molecule has 0 spiro atoms. The highest BCUT2D eigenvalue weighted by Crippen LogP contribution is 2.38. The molecule has 1 aromatic carbocycles. The number of carbonyl (C=O) groups excluding carboxylic acids is 2. The molecule has 1 aromatic rings. The minimum absolute atomic E-state index is 0.0734. The normalized spacial score (nSPS) is 17.3. The predicted octanol–water partition coefficient (Wildman–Crippen LogP) is 5.42. The molecule has 1 atom stereocenters. The summed E-state index contributed by atoms with van der Waals surface area (Å²) in [6, 6.07) is 3.89. The molecule has 0 radical (unpaired) electrons. The molecule has 6 heteroatoms. The minimum atomic E-state index is -0.543. The number of benzene rings is 1. The second kappa shape index (κ2) is 9.32. The fraction of sp³-hybridized carbons (Fsp3) is 0.692. The van der Waals surface area contributed by atoms with E-state index in [1.54, 1.807) is 12.0 Å². The first kappa shape index (κ1) is 26.0. The maximum atomic E-state index is 13.2. The Labute approximate surface area is 194 Å². The number of ether oxygens (including phenoxy) is 2. The molecule has 1 saturated heterocycles. The van der Waals surface area contributed by atoms with E-state index in [4.69, 9.17) is 9.47 Å². The molecule has 1 aliphatic heterocycles. The van der Waals surface area contributed by atoms with E-state index >= 15 is 0 Å². The summed E-state index contributed by atoms with van der Waals surface area (Å²) in [5.41, 5.74) is 2.08. The van der Waals surface area contributed by atoms with Gasteiger partial charge >= 0.3 is 6.09 Å². The molecule has 0 bridgehead atoms. The van der Waals surface area contributed by atoms with Crippen LogP contribution >= 0.6 is 0 Å². The molecule has 2 rings (SSSR count). The van der Waals surface area contributed by atoms with E-state index in [0.29, 0.717) is 24.4 Å². The van der Waals surface area contributed by atoms with Crippen LogP contribution in [0.25, 0.3) is 0 Å². The Hall–Kier alpha value is -2.24. The van der Waals surface area contributed by atoms with Crippen molar-refractivity contribution in [3.05, 3.63) is 28.8 Å². The third-order valence-corrected chi connectivity index (χ3v) is 5.70. The molecule has 0 aromatic heterocycles. The SMILES string of the molecule is COc1cc(C(C)(C)C)c(C(C)(C)C)cc1C(=O)NC[C@H]1CCCN1C(=O)OC(C)(C)C. The van der Waals surface area contributed by atoms with E-state index in [2.05, 4.69) is 46.9 Å². The van der Waals surface area contributed by atoms with Crippen molar-refractivity contribution in [2.24, 2.45) is 0 Å². The van der Waals surface area contributed by atoms with Gasteiger partial charge in [-0.2, -0.15) is 0 Å². The first-order chi connectivity index (χ1) is 14.5. The van der Waals surface area contributed by atoms with Gasteiger partial charge in [-0.3, -0.25) is 4.79 Å². The smallest absolute Gasteiger partial charge is 0.410 e. The number of hydrogen-bond acceptors (Lipinski definition) is 4. The van der Waals surface area contributed by atoms with Gasteiger partial charge in [0.25, 0.3) is 5.91 Å². The molecule has 1 aliphatic rings. The topological polar surface area (TPSA) is 67.9 Å². The van der Waals surface area contributed by atoms with E-state index < -0.39 is 5.60 Å². The predicted molar refractivity (Wildman–Crippen MR) is 129 cm³/mol. The van der Waals surface area contributed by atoms with Crippen LogP contribution in [-0.4, -0.2) is 48.7 Å². The summed E-state index contributed by atoms with van der Waals surface area (Å²) < 4.78 is 11.1. The van der Waals surface area contributed by atoms with Crippen molar-refractivity contribution < 1.29 is 19.1 Å². The van der Waals surface area contributed by atoms with Crippen molar-refractivity contribution in [2.45, 2.75) is 97.6 Å². The monoisotopic (exact) mass is 446 g/mol. The Morgan fingerprint density at radius 3 is 2.06 bits per heavy atom. The zero-order valence-corrected chi connectivity index (χ0v) is 21.6. The van der Waals surface area contributed by atoms with Crippen LogP contribution in [-0.2, 0) is 15.6 Å². The largest absolute Gasteiger partial charge is 0.496 e. The summed E-state index contributed by atoms with van der Waals surface area (Å²) in [6.45, 7) is 19.6. The molecular weight excluding hydrogens is 404 g/mol. The molecule has 0 unspecified atom stereocenters. The average Bonchev–Trinajstić information content (AvgIpc) is 3.11. The lowest BCUT2D eigenvalue weighted by atomic mass is 9.74. The lowest BCUT2D eigenvalue weighted by molar-refractivity contribution is 0.0225. The average molecular weight is 447 g/mol. The van der Waals surface area contributed by atoms with Crippen molar-refractivity contribution in [3.63, 3.8) is 0 Å². The highest BCUT2D eigenvalue weighted by atomic mass is 16.6. The second-order valence-corrected chi connectivity index (χ2v) is 11.8. The van der Waals surface area contributed by atoms with Crippen LogP contribution in [0.4, 0.5) is 4.79 Å². The van der Waals surface area contributed by atoms with Crippen LogP contribution in [0.5, 0.6) is 5.75 Å². The number of methoxy groups -OCH3 is 1. The van der Waals surface area contributed by atoms with E-state index in [0.717, 1.165) is 18.4 Å². The molecule has 32 heavy (non-hydrogen) atoms. The highest BCUT2D eigenvalue weighted by molar-refractivity contribution is 5.97. The molecule has 0 saturated carbocycles. The fourth-order valence-electron chi connectivity index (χ4n) is 4.08. The molecule has 1 N–H and O–H groups in total. The number of hydrogen-bond donors (Lipinski definition) is 1. The zero-order valence-electron chi connectivity index (χ0n) is 21.6. The molecule has 180 valence electrons. The van der Waals surface area contributed by atoms with Gasteiger partial charge in [-0.05, 0) is 67.7 Å². The van der Waals surface area contributed by atoms with E-state index in [1.165, 1.54) is 5.56 Å². The molecule has 1 fully saturated rings. The molecule has 2 amide bonds. The maximum Gasteiger partial charge on any atom is 0.410 e. The highest BCUT2D eigenvalue weighted by Gasteiger charge is 2.33. The fourth-order valence-corrected chi connectivity index (χ4v) is 4.08. The van der Waals surface area contributed by atoms with E-state index in [9.17, 15) is 9.59 Å². The van der Waals surface area contributed by atoms with Gasteiger partial charge in [0.1, 0.15) is 11.4 Å².